The molecule has 1 aliphatic carbocycles. The molecule has 1 aromatic heterocycles. The maximum Gasteiger partial charge on any atom is 0.356 e. The summed E-state index contributed by atoms with van der Waals surface area (Å²) in [5, 5.41) is 12.1. The number of nitrogens with one attached hydrogen (secondary N) is 1. The number of aromatic carboxylic acids is 1. The second-order valence-corrected chi connectivity index (χ2v) is 5.22. The van der Waals surface area contributed by atoms with Crippen LogP contribution in [0.2, 0.25) is 0 Å². The number of hydrogen-bond donors (Lipinski definition) is 2. The van der Waals surface area contributed by atoms with E-state index in [1.165, 1.54) is 19.0 Å². The molecule has 0 aromatic carbocycles. The van der Waals surface area contributed by atoms with E-state index in [4.69, 9.17) is 5.11 Å². The zero-order valence-electron chi connectivity index (χ0n) is 9.06. The summed E-state index contributed by atoms with van der Waals surface area (Å²) in [5.41, 5.74) is 0.703. The summed E-state index contributed by atoms with van der Waals surface area (Å²) in [6.45, 7) is 0.806. The van der Waals surface area contributed by atoms with E-state index in [1.54, 1.807) is 12.1 Å². The smallest absolute Gasteiger partial charge is 0.356 e. The lowest BCUT2D eigenvalue weighted by Gasteiger charge is -2.14. The van der Waals surface area contributed by atoms with Crippen LogP contribution in [0.5, 0.6) is 0 Å². The molecule has 2 N–H and O–H groups in total. The minimum Gasteiger partial charge on any atom is -0.476 e. The topological polar surface area (TPSA) is 62.2 Å². The molecule has 0 radical (unpaired) electrons. The Labute approximate surface area is 98.5 Å². The molecule has 5 heteroatoms. The number of rotatable bonds is 5. The van der Waals surface area contributed by atoms with E-state index >= 15 is 0 Å². The number of hydrogen-bond acceptors (Lipinski definition) is 4. The van der Waals surface area contributed by atoms with Crippen molar-refractivity contribution >= 4 is 23.4 Å². The van der Waals surface area contributed by atoms with Crippen LogP contribution in [0.3, 0.4) is 0 Å². The molecule has 1 saturated carbocycles. The van der Waals surface area contributed by atoms with Crippen LogP contribution in [-0.4, -0.2) is 33.6 Å². The van der Waals surface area contributed by atoms with E-state index in [2.05, 4.69) is 16.6 Å². The van der Waals surface area contributed by atoms with Gasteiger partial charge in [0.25, 0.3) is 0 Å². The summed E-state index contributed by atoms with van der Waals surface area (Å²) >= 11 is 1.84. The Balaban J connectivity index is 2.06. The maximum atomic E-state index is 10.9. The van der Waals surface area contributed by atoms with E-state index in [9.17, 15) is 4.79 Å². The molecule has 86 valence electrons. The highest BCUT2D eigenvalue weighted by atomic mass is 32.2. The first kappa shape index (κ1) is 11.3. The van der Waals surface area contributed by atoms with Gasteiger partial charge in [-0.3, -0.25) is 0 Å². The second-order valence-electron chi connectivity index (χ2n) is 3.95. The Bertz CT molecular complexity index is 405. The Morgan fingerprint density at radius 1 is 1.69 bits per heavy atom. The molecule has 16 heavy (non-hydrogen) atoms. The van der Waals surface area contributed by atoms with Gasteiger partial charge in [0.15, 0.2) is 5.69 Å². The van der Waals surface area contributed by atoms with Gasteiger partial charge in [0.1, 0.15) is 0 Å². The molecule has 0 bridgehead atoms. The fourth-order valence-electron chi connectivity index (χ4n) is 1.57. The number of carboxylic acid groups (broad SMARTS) is 1. The number of pyridine rings is 1. The Kier molecular flexibility index (Phi) is 3.05. The molecular weight excluding hydrogens is 224 g/mol. The SMILES string of the molecule is CSC1(CNc2cccnc2C(=O)O)CC1. The summed E-state index contributed by atoms with van der Waals surface area (Å²) in [6.07, 6.45) is 5.99. The second kappa shape index (κ2) is 4.33. The van der Waals surface area contributed by atoms with Gasteiger partial charge in [-0.25, -0.2) is 9.78 Å². The largest absolute Gasteiger partial charge is 0.476 e. The van der Waals surface area contributed by atoms with Crippen molar-refractivity contribution in [3.63, 3.8) is 0 Å². The minimum atomic E-state index is -0.989. The Hall–Kier alpha value is -1.23. The third-order valence-corrected chi connectivity index (χ3v) is 4.27. The number of anilines is 1. The highest BCUT2D eigenvalue weighted by Gasteiger charge is 2.41. The van der Waals surface area contributed by atoms with Gasteiger partial charge in [-0.1, -0.05) is 0 Å². The third kappa shape index (κ3) is 2.29. The van der Waals surface area contributed by atoms with Crippen molar-refractivity contribution in [2.24, 2.45) is 0 Å². The number of aromatic nitrogens is 1. The predicted molar refractivity (Wildman–Crippen MR) is 65.2 cm³/mol. The Morgan fingerprint density at radius 2 is 2.44 bits per heavy atom. The fourth-order valence-corrected chi connectivity index (χ4v) is 2.29. The maximum absolute atomic E-state index is 10.9. The van der Waals surface area contributed by atoms with Crippen molar-refractivity contribution < 1.29 is 9.90 Å². The molecule has 0 aliphatic heterocycles. The van der Waals surface area contributed by atoms with Crippen LogP contribution in [0, 0.1) is 0 Å². The average molecular weight is 238 g/mol. The first-order valence-corrected chi connectivity index (χ1v) is 6.37. The standard InChI is InChI=1S/C11H14N2O2S/c1-16-11(4-5-11)7-13-8-3-2-6-12-9(8)10(14)15/h2-3,6,13H,4-5,7H2,1H3,(H,14,15). The van der Waals surface area contributed by atoms with E-state index in [-0.39, 0.29) is 5.69 Å². The summed E-state index contributed by atoms with van der Waals surface area (Å²) < 4.78 is 0.311. The quantitative estimate of drug-likeness (QED) is 0.822. The first-order valence-electron chi connectivity index (χ1n) is 5.14. The van der Waals surface area contributed by atoms with Crippen LogP contribution in [0.25, 0.3) is 0 Å². The Morgan fingerprint density at radius 3 is 3.00 bits per heavy atom. The van der Waals surface area contributed by atoms with Crippen molar-refractivity contribution in [1.29, 1.82) is 0 Å². The van der Waals surface area contributed by atoms with Crippen LogP contribution >= 0.6 is 11.8 Å². The van der Waals surface area contributed by atoms with Crippen LogP contribution in [0.4, 0.5) is 5.69 Å². The van der Waals surface area contributed by atoms with E-state index in [0.29, 0.717) is 10.4 Å². The molecule has 2 rings (SSSR count). The van der Waals surface area contributed by atoms with Gasteiger partial charge < -0.3 is 10.4 Å². The summed E-state index contributed by atoms with van der Waals surface area (Å²) in [4.78, 5) is 14.8. The number of carbonyl (C=O) groups is 1. The van der Waals surface area contributed by atoms with Gasteiger partial charge in [-0.05, 0) is 31.2 Å². The lowest BCUT2D eigenvalue weighted by atomic mass is 10.3. The van der Waals surface area contributed by atoms with Crippen LogP contribution in [-0.2, 0) is 0 Å². The van der Waals surface area contributed by atoms with Crippen molar-refractivity contribution in [3.05, 3.63) is 24.0 Å². The molecule has 0 saturated heterocycles. The number of carboxylic acids is 1. The van der Waals surface area contributed by atoms with Crippen molar-refractivity contribution in [2.75, 3.05) is 18.1 Å². The van der Waals surface area contributed by atoms with E-state index in [0.717, 1.165) is 6.54 Å². The highest BCUT2D eigenvalue weighted by Crippen LogP contribution is 2.47. The molecule has 0 unspecified atom stereocenters. The van der Waals surface area contributed by atoms with Crippen LogP contribution in [0.15, 0.2) is 18.3 Å². The molecule has 1 heterocycles. The molecule has 4 nitrogen and oxygen atoms in total. The first-order chi connectivity index (χ1) is 7.67. The molecule has 1 aliphatic rings. The van der Waals surface area contributed by atoms with Gasteiger partial charge in [0.2, 0.25) is 0 Å². The number of nitrogens with zero attached hydrogens (tertiary/aromatic N) is 1. The summed E-state index contributed by atoms with van der Waals surface area (Å²) in [6, 6.07) is 3.50. The zero-order chi connectivity index (χ0) is 11.6. The van der Waals surface area contributed by atoms with Gasteiger partial charge >= 0.3 is 5.97 Å². The summed E-state index contributed by atoms with van der Waals surface area (Å²) in [7, 11) is 0. The molecular formula is C11H14N2O2S. The average Bonchev–Trinajstić information content (AvgIpc) is 3.07. The van der Waals surface area contributed by atoms with Crippen molar-refractivity contribution in [3.8, 4) is 0 Å². The minimum absolute atomic E-state index is 0.0967. The lowest BCUT2D eigenvalue weighted by Crippen LogP contribution is -2.19. The van der Waals surface area contributed by atoms with Gasteiger partial charge in [0.05, 0.1) is 5.69 Å². The normalized spacial score (nSPS) is 16.8. The highest BCUT2D eigenvalue weighted by molar-refractivity contribution is 8.00. The van der Waals surface area contributed by atoms with Gasteiger partial charge in [-0.2, -0.15) is 11.8 Å². The fraction of sp³-hybridized carbons (Fsp3) is 0.455. The molecule has 0 spiro atoms. The van der Waals surface area contributed by atoms with E-state index in [1.807, 2.05) is 11.8 Å². The predicted octanol–water partition coefficient (Wildman–Crippen LogP) is 2.09. The van der Waals surface area contributed by atoms with Crippen LogP contribution in [0.1, 0.15) is 23.3 Å². The summed E-state index contributed by atoms with van der Waals surface area (Å²) in [5.74, 6) is -0.989. The lowest BCUT2D eigenvalue weighted by molar-refractivity contribution is 0.0691. The van der Waals surface area contributed by atoms with Gasteiger partial charge in [-0.15, -0.1) is 0 Å². The molecule has 0 amide bonds. The van der Waals surface area contributed by atoms with Crippen LogP contribution < -0.4 is 5.32 Å². The van der Waals surface area contributed by atoms with E-state index < -0.39 is 5.97 Å². The number of thioether (sulfide) groups is 1. The zero-order valence-corrected chi connectivity index (χ0v) is 9.88. The molecule has 0 atom stereocenters. The third-order valence-electron chi connectivity index (χ3n) is 2.85. The van der Waals surface area contributed by atoms with Crippen molar-refractivity contribution in [2.45, 2.75) is 17.6 Å². The monoisotopic (exact) mass is 238 g/mol. The molecule has 1 aromatic rings. The molecule has 1 fully saturated rings. The van der Waals surface area contributed by atoms with Gasteiger partial charge in [0, 0.05) is 17.5 Å². The van der Waals surface area contributed by atoms with Crippen molar-refractivity contribution in [1.82, 2.24) is 4.98 Å².